The van der Waals surface area contributed by atoms with Gasteiger partial charge in [0.2, 0.25) is 5.91 Å². The van der Waals surface area contributed by atoms with E-state index < -0.39 is 5.91 Å². The highest BCUT2D eigenvalue weighted by Crippen LogP contribution is 2.35. The first kappa shape index (κ1) is 17.6. The first-order valence-corrected chi connectivity index (χ1v) is 9.31. The molecule has 7 nitrogen and oxygen atoms in total. The third-order valence-electron chi connectivity index (χ3n) is 5.59. The van der Waals surface area contributed by atoms with Crippen molar-refractivity contribution in [1.82, 2.24) is 9.80 Å². The number of nitrogens with zero attached hydrogens (tertiary/aromatic N) is 3. The van der Waals surface area contributed by atoms with Crippen molar-refractivity contribution in [3.05, 3.63) is 35.6 Å². The molecule has 0 spiro atoms. The van der Waals surface area contributed by atoms with Crippen LogP contribution in [0.5, 0.6) is 0 Å². The number of hydrogen-bond donors (Lipinski definition) is 1. The van der Waals surface area contributed by atoms with Crippen molar-refractivity contribution in [2.24, 2.45) is 5.73 Å². The Morgan fingerprint density at radius 1 is 1.26 bits per heavy atom. The third kappa shape index (κ3) is 3.17. The summed E-state index contributed by atoms with van der Waals surface area (Å²) in [6.45, 7) is 2.33. The lowest BCUT2D eigenvalue weighted by Crippen LogP contribution is -2.41. The van der Waals surface area contributed by atoms with Gasteiger partial charge in [-0.15, -0.1) is 0 Å². The molecule has 7 heteroatoms. The fourth-order valence-electron chi connectivity index (χ4n) is 4.28. The van der Waals surface area contributed by atoms with E-state index in [0.29, 0.717) is 36.5 Å². The fourth-order valence-corrected chi connectivity index (χ4v) is 4.28. The van der Waals surface area contributed by atoms with Crippen LogP contribution in [0.3, 0.4) is 0 Å². The number of nitrogens with two attached hydrogens (primary N) is 1. The number of hydrogen-bond acceptors (Lipinski definition) is 5. The van der Waals surface area contributed by atoms with Crippen molar-refractivity contribution < 1.29 is 14.0 Å². The fraction of sp³-hybridized carbons (Fsp3) is 0.450. The van der Waals surface area contributed by atoms with Gasteiger partial charge in [0.15, 0.2) is 0 Å². The molecule has 4 rings (SSSR count). The average Bonchev–Trinajstić information content (AvgIpc) is 3.38. The summed E-state index contributed by atoms with van der Waals surface area (Å²) in [5.41, 5.74) is 6.73. The van der Waals surface area contributed by atoms with Crippen molar-refractivity contribution in [1.29, 1.82) is 5.26 Å². The molecule has 1 aromatic carbocycles. The number of para-hydroxylation sites is 1. The minimum Gasteiger partial charge on any atom is -0.460 e. The van der Waals surface area contributed by atoms with Crippen molar-refractivity contribution >= 4 is 22.8 Å². The predicted molar refractivity (Wildman–Crippen MR) is 98.9 cm³/mol. The first-order valence-electron chi connectivity index (χ1n) is 9.31. The van der Waals surface area contributed by atoms with Gasteiger partial charge in [0.05, 0.1) is 18.2 Å². The lowest BCUT2D eigenvalue weighted by molar-refractivity contribution is -0.132. The van der Waals surface area contributed by atoms with E-state index in [-0.39, 0.29) is 17.9 Å². The highest BCUT2D eigenvalue weighted by molar-refractivity contribution is 6.06. The van der Waals surface area contributed by atoms with E-state index in [2.05, 4.69) is 11.0 Å². The number of nitriles is 1. The van der Waals surface area contributed by atoms with Crippen LogP contribution in [0.25, 0.3) is 11.0 Å². The molecule has 140 valence electrons. The number of amides is 2. The maximum Gasteiger partial charge on any atom is 0.252 e. The average molecular weight is 366 g/mol. The van der Waals surface area contributed by atoms with Crippen molar-refractivity contribution in [2.45, 2.75) is 31.2 Å². The topological polar surface area (TPSA) is 104 Å². The zero-order chi connectivity index (χ0) is 19.0. The SMILES string of the molecule is N#C[C@@H]1CCCN1C(=O)CN1CC[C@H](c2oc3ccccc3c2C(N)=O)C1. The van der Waals surface area contributed by atoms with Gasteiger partial charge in [0.1, 0.15) is 17.4 Å². The Bertz CT molecular complexity index is 929. The van der Waals surface area contributed by atoms with Gasteiger partial charge in [-0.25, -0.2) is 0 Å². The van der Waals surface area contributed by atoms with Crippen LogP contribution < -0.4 is 5.73 Å². The van der Waals surface area contributed by atoms with Crippen LogP contribution in [0.2, 0.25) is 0 Å². The van der Waals surface area contributed by atoms with E-state index in [1.807, 2.05) is 24.3 Å². The van der Waals surface area contributed by atoms with Crippen LogP contribution in [-0.4, -0.2) is 53.8 Å². The number of rotatable bonds is 4. The molecule has 2 aliphatic rings. The quantitative estimate of drug-likeness (QED) is 0.889. The van der Waals surface area contributed by atoms with Gasteiger partial charge < -0.3 is 15.1 Å². The Kier molecular flexibility index (Phi) is 4.58. The molecule has 0 radical (unpaired) electrons. The number of carbonyl (C=O) groups is 2. The molecule has 2 amide bonds. The standard InChI is InChI=1S/C20H22N4O3/c21-10-14-4-3-8-24(14)17(25)12-23-9-7-13(11-23)19-18(20(22)26)15-5-1-2-6-16(15)27-19/h1-2,5-6,13-14H,3-4,7-9,11-12H2,(H2,22,26)/t13-,14-/m0/s1. The summed E-state index contributed by atoms with van der Waals surface area (Å²) in [6.07, 6.45) is 2.44. The number of likely N-dealkylation sites (tertiary alicyclic amines) is 2. The van der Waals surface area contributed by atoms with E-state index in [1.165, 1.54) is 0 Å². The Morgan fingerprint density at radius 3 is 2.85 bits per heavy atom. The van der Waals surface area contributed by atoms with Gasteiger partial charge in [0, 0.05) is 24.4 Å². The molecule has 2 saturated heterocycles. The maximum atomic E-state index is 12.6. The second-order valence-electron chi connectivity index (χ2n) is 7.30. The third-order valence-corrected chi connectivity index (χ3v) is 5.59. The van der Waals surface area contributed by atoms with Crippen LogP contribution in [0.4, 0.5) is 0 Å². The van der Waals surface area contributed by atoms with Crippen molar-refractivity contribution in [3.63, 3.8) is 0 Å². The molecule has 3 heterocycles. The van der Waals surface area contributed by atoms with Gasteiger partial charge in [0.25, 0.3) is 5.91 Å². The van der Waals surface area contributed by atoms with Gasteiger partial charge in [-0.2, -0.15) is 5.26 Å². The lowest BCUT2D eigenvalue weighted by atomic mass is 9.99. The molecule has 0 bridgehead atoms. The maximum absolute atomic E-state index is 12.6. The van der Waals surface area contributed by atoms with Crippen LogP contribution in [0.1, 0.15) is 41.3 Å². The van der Waals surface area contributed by atoms with E-state index in [0.717, 1.165) is 31.2 Å². The molecule has 0 aliphatic carbocycles. The van der Waals surface area contributed by atoms with Crippen LogP contribution in [0, 0.1) is 11.3 Å². The van der Waals surface area contributed by atoms with Gasteiger partial charge in [-0.05, 0) is 31.9 Å². The first-order chi connectivity index (χ1) is 13.1. The number of primary amides is 1. The second-order valence-corrected chi connectivity index (χ2v) is 7.30. The molecule has 2 N–H and O–H groups in total. The minimum atomic E-state index is -0.488. The van der Waals surface area contributed by atoms with E-state index in [9.17, 15) is 14.9 Å². The summed E-state index contributed by atoms with van der Waals surface area (Å²) in [7, 11) is 0. The van der Waals surface area contributed by atoms with Gasteiger partial charge in [-0.1, -0.05) is 18.2 Å². The Labute approximate surface area is 157 Å². The summed E-state index contributed by atoms with van der Waals surface area (Å²) >= 11 is 0. The molecule has 2 fully saturated rings. The highest BCUT2D eigenvalue weighted by Gasteiger charge is 2.34. The number of benzene rings is 1. The predicted octanol–water partition coefficient (Wildman–Crippen LogP) is 1.84. The molecule has 1 aromatic heterocycles. The molecule has 27 heavy (non-hydrogen) atoms. The zero-order valence-corrected chi connectivity index (χ0v) is 15.1. The summed E-state index contributed by atoms with van der Waals surface area (Å²) in [4.78, 5) is 28.3. The van der Waals surface area contributed by atoms with E-state index in [4.69, 9.17) is 10.2 Å². The Hall–Kier alpha value is -2.85. The van der Waals surface area contributed by atoms with Crippen LogP contribution >= 0.6 is 0 Å². The zero-order valence-electron chi connectivity index (χ0n) is 15.1. The molecule has 0 unspecified atom stereocenters. The molecular formula is C20H22N4O3. The minimum absolute atomic E-state index is 0.000527. The number of furan rings is 1. The second kappa shape index (κ2) is 7.05. The van der Waals surface area contributed by atoms with Gasteiger partial charge >= 0.3 is 0 Å². The monoisotopic (exact) mass is 366 g/mol. The number of fused-ring (bicyclic) bond motifs is 1. The molecule has 2 atom stereocenters. The molecule has 2 aliphatic heterocycles. The normalized spacial score (nSPS) is 23.0. The smallest absolute Gasteiger partial charge is 0.252 e. The van der Waals surface area contributed by atoms with Gasteiger partial charge in [-0.3, -0.25) is 14.5 Å². The van der Waals surface area contributed by atoms with E-state index >= 15 is 0 Å². The van der Waals surface area contributed by atoms with Crippen LogP contribution in [-0.2, 0) is 4.79 Å². The summed E-state index contributed by atoms with van der Waals surface area (Å²) in [6, 6.07) is 9.30. The largest absolute Gasteiger partial charge is 0.460 e. The summed E-state index contributed by atoms with van der Waals surface area (Å²) in [5.74, 6) is 0.158. The van der Waals surface area contributed by atoms with E-state index in [1.54, 1.807) is 4.90 Å². The Balaban J connectivity index is 1.49. The molecule has 2 aromatic rings. The lowest BCUT2D eigenvalue weighted by Gasteiger charge is -2.23. The van der Waals surface area contributed by atoms with Crippen molar-refractivity contribution in [3.8, 4) is 6.07 Å². The molecular weight excluding hydrogens is 344 g/mol. The summed E-state index contributed by atoms with van der Waals surface area (Å²) < 4.78 is 5.97. The highest BCUT2D eigenvalue weighted by atomic mass is 16.3. The molecule has 0 saturated carbocycles. The summed E-state index contributed by atoms with van der Waals surface area (Å²) in [5, 5.41) is 9.91. The van der Waals surface area contributed by atoms with Crippen molar-refractivity contribution in [2.75, 3.05) is 26.2 Å². The number of carbonyl (C=O) groups excluding carboxylic acids is 2. The Morgan fingerprint density at radius 2 is 2.07 bits per heavy atom. The van der Waals surface area contributed by atoms with Crippen LogP contribution in [0.15, 0.2) is 28.7 Å².